The van der Waals surface area contributed by atoms with E-state index in [-0.39, 0.29) is 5.69 Å². The van der Waals surface area contributed by atoms with Crippen LogP contribution in [0.15, 0.2) is 24.3 Å². The number of benzene rings is 1. The Morgan fingerprint density at radius 1 is 1.42 bits per heavy atom. The number of nitrogens with zero attached hydrogens (tertiary/aromatic N) is 1. The van der Waals surface area contributed by atoms with E-state index in [2.05, 4.69) is 9.50 Å². The minimum atomic E-state index is -0.422. The van der Waals surface area contributed by atoms with Crippen molar-refractivity contribution in [1.29, 1.82) is 0 Å². The first kappa shape index (κ1) is 9.17. The van der Waals surface area contributed by atoms with E-state index in [0.717, 1.165) is 25.1 Å². The quantitative estimate of drug-likeness (QED) is 0.430. The summed E-state index contributed by atoms with van der Waals surface area (Å²) in [6, 6.07) is 6.47. The SMILES string of the molecule is O=[N+]([O-])c1ccccc1C#[C][Po]. The minimum absolute atomic E-state index is 0.0752. The third kappa shape index (κ3) is 2.03. The van der Waals surface area contributed by atoms with E-state index in [9.17, 15) is 10.1 Å². The first-order valence-corrected chi connectivity index (χ1v) is 4.71. The average molecular weight is 355 g/mol. The average Bonchev–Trinajstić information content (AvgIpc) is 2.05. The van der Waals surface area contributed by atoms with Crippen molar-refractivity contribution in [3.63, 3.8) is 0 Å². The molecular weight excluding hydrogens is 351 g/mol. The molecule has 0 heterocycles. The van der Waals surface area contributed by atoms with E-state index in [1.54, 1.807) is 18.2 Å². The molecule has 0 aromatic heterocycles. The van der Waals surface area contributed by atoms with E-state index < -0.39 is 4.92 Å². The second-order valence-corrected chi connectivity index (χ2v) is 2.79. The zero-order chi connectivity index (χ0) is 8.97. The van der Waals surface area contributed by atoms with Crippen LogP contribution in [0.5, 0.6) is 0 Å². The molecule has 3 nitrogen and oxygen atoms in total. The molecule has 12 heavy (non-hydrogen) atoms. The van der Waals surface area contributed by atoms with Gasteiger partial charge in [0.15, 0.2) is 0 Å². The number of hydrogen-bond acceptors (Lipinski definition) is 2. The molecule has 0 saturated heterocycles. The molecule has 4 heteroatoms. The molecule has 59 valence electrons. The van der Waals surface area contributed by atoms with Crippen molar-refractivity contribution >= 4 is 30.8 Å². The summed E-state index contributed by atoms with van der Waals surface area (Å²) >= 11 is 1.10. The molecule has 0 bridgehead atoms. The van der Waals surface area contributed by atoms with Gasteiger partial charge in [-0.1, -0.05) is 0 Å². The fourth-order valence-electron chi connectivity index (χ4n) is 0.794. The van der Waals surface area contributed by atoms with Gasteiger partial charge >= 0.3 is 85.1 Å². The van der Waals surface area contributed by atoms with Gasteiger partial charge in [-0.05, 0) is 0 Å². The van der Waals surface area contributed by atoms with Gasteiger partial charge in [0.2, 0.25) is 0 Å². The van der Waals surface area contributed by atoms with Crippen LogP contribution >= 0.6 is 0 Å². The van der Waals surface area contributed by atoms with Gasteiger partial charge in [-0.25, -0.2) is 0 Å². The topological polar surface area (TPSA) is 43.1 Å². The van der Waals surface area contributed by atoms with Crippen molar-refractivity contribution in [3.05, 3.63) is 39.9 Å². The summed E-state index contributed by atoms with van der Waals surface area (Å²) in [6.07, 6.45) is 0. The van der Waals surface area contributed by atoms with Crippen LogP contribution in [-0.2, 0) is 0 Å². The molecule has 0 fully saturated rings. The fourth-order valence-corrected chi connectivity index (χ4v) is 1.22. The molecule has 0 unspecified atom stereocenters. The number of para-hydroxylation sites is 1. The maximum absolute atomic E-state index is 10.4. The van der Waals surface area contributed by atoms with E-state index >= 15 is 0 Å². The summed E-state index contributed by atoms with van der Waals surface area (Å²) in [5.74, 6) is 2.70. The van der Waals surface area contributed by atoms with Gasteiger partial charge in [0.05, 0.1) is 0 Å². The Bertz CT molecular complexity index is 365. The van der Waals surface area contributed by atoms with Crippen molar-refractivity contribution in [3.8, 4) is 9.50 Å². The van der Waals surface area contributed by atoms with E-state index in [1.807, 2.05) is 0 Å². The second-order valence-electron chi connectivity index (χ2n) is 2.00. The van der Waals surface area contributed by atoms with Crippen molar-refractivity contribution < 1.29 is 4.92 Å². The maximum atomic E-state index is 10.4. The zero-order valence-corrected chi connectivity index (χ0v) is 9.16. The van der Waals surface area contributed by atoms with Crippen LogP contribution in [-0.4, -0.2) is 30.0 Å². The van der Waals surface area contributed by atoms with Crippen molar-refractivity contribution in [2.45, 2.75) is 0 Å². The second kappa shape index (κ2) is 4.19. The number of nitro benzene ring substituents is 1. The first-order chi connectivity index (χ1) is 5.75. The summed E-state index contributed by atoms with van der Waals surface area (Å²) < 4.78 is 2.71. The Balaban J connectivity index is 3.23. The number of hydrogen-bond donors (Lipinski definition) is 0. The van der Waals surface area contributed by atoms with Crippen molar-refractivity contribution in [1.82, 2.24) is 0 Å². The number of nitro groups is 1. The molecular formula is C8H4NO2Po. The van der Waals surface area contributed by atoms with E-state index in [0.29, 0.717) is 5.56 Å². The molecule has 0 saturated carbocycles. The summed E-state index contributed by atoms with van der Waals surface area (Å²) in [6.45, 7) is 0. The fraction of sp³-hybridized carbons (Fsp3) is 0. The molecule has 0 aliphatic rings. The van der Waals surface area contributed by atoms with Crippen molar-refractivity contribution in [2.24, 2.45) is 0 Å². The number of rotatable bonds is 1. The van der Waals surface area contributed by atoms with Crippen LogP contribution in [0, 0.1) is 19.6 Å². The van der Waals surface area contributed by atoms with Crippen LogP contribution in [0.4, 0.5) is 5.69 Å². The Kier molecular flexibility index (Phi) is 3.20. The zero-order valence-electron chi connectivity index (χ0n) is 5.98. The molecule has 1 aromatic carbocycles. The van der Waals surface area contributed by atoms with Gasteiger partial charge in [0, 0.05) is 0 Å². The standard InChI is InChI=1S/C8H4NO2.Po/c1-2-7-5-3-4-6-8(7)9(10)11;/h3-6H;. The molecule has 1 rings (SSSR count). The normalized spacial score (nSPS) is 8.33. The third-order valence-electron chi connectivity index (χ3n) is 1.29. The molecule has 0 amide bonds. The van der Waals surface area contributed by atoms with E-state index in [4.69, 9.17) is 0 Å². The summed E-state index contributed by atoms with van der Waals surface area (Å²) in [4.78, 5) is 10.0. The van der Waals surface area contributed by atoms with Gasteiger partial charge in [-0.2, -0.15) is 0 Å². The van der Waals surface area contributed by atoms with Gasteiger partial charge in [-0.3, -0.25) is 0 Å². The van der Waals surface area contributed by atoms with Gasteiger partial charge in [0.25, 0.3) is 0 Å². The molecule has 0 spiro atoms. The molecule has 1 aromatic rings. The summed E-state index contributed by atoms with van der Waals surface area (Å²) in [5, 5.41) is 10.4. The van der Waals surface area contributed by atoms with Crippen LogP contribution < -0.4 is 0 Å². The van der Waals surface area contributed by atoms with Crippen LogP contribution in [0.3, 0.4) is 0 Å². The van der Waals surface area contributed by atoms with Gasteiger partial charge < -0.3 is 0 Å². The Morgan fingerprint density at radius 3 is 2.67 bits per heavy atom. The Hall–Kier alpha value is -0.924. The van der Waals surface area contributed by atoms with Gasteiger partial charge in [0.1, 0.15) is 0 Å². The molecule has 0 aliphatic carbocycles. The monoisotopic (exact) mass is 355 g/mol. The third-order valence-corrected chi connectivity index (χ3v) is 1.68. The van der Waals surface area contributed by atoms with Crippen LogP contribution in [0.1, 0.15) is 5.56 Å². The summed E-state index contributed by atoms with van der Waals surface area (Å²) in [5.41, 5.74) is 0.559. The Morgan fingerprint density at radius 2 is 2.08 bits per heavy atom. The summed E-state index contributed by atoms with van der Waals surface area (Å²) in [7, 11) is 0. The predicted molar refractivity (Wildman–Crippen MR) is 45.7 cm³/mol. The molecule has 0 aliphatic heterocycles. The molecule has 0 N–H and O–H groups in total. The van der Waals surface area contributed by atoms with Crippen LogP contribution in [0.2, 0.25) is 0 Å². The molecule has 0 atom stereocenters. The Labute approximate surface area is 85.1 Å². The first-order valence-electron chi connectivity index (χ1n) is 3.12. The molecule has 1 radical (unpaired) electrons. The van der Waals surface area contributed by atoms with Crippen molar-refractivity contribution in [2.75, 3.05) is 0 Å². The predicted octanol–water partition coefficient (Wildman–Crippen LogP) is 1.07. The van der Waals surface area contributed by atoms with Crippen LogP contribution in [0.25, 0.3) is 0 Å². The van der Waals surface area contributed by atoms with E-state index in [1.165, 1.54) is 6.07 Å². The van der Waals surface area contributed by atoms with Gasteiger partial charge in [-0.15, -0.1) is 0 Å².